The number of methoxy groups -OCH3 is 1. The molecule has 2 rings (SSSR count). The fourth-order valence-electron chi connectivity index (χ4n) is 2.27. The Morgan fingerprint density at radius 1 is 1.12 bits per heavy atom. The number of hydrogen-bond donors (Lipinski definition) is 1. The van der Waals surface area contributed by atoms with Crippen LogP contribution in [0.2, 0.25) is 0 Å². The smallest absolute Gasteiger partial charge is 0.338 e. The molecule has 0 saturated heterocycles. The first-order valence-corrected chi connectivity index (χ1v) is 9.62. The summed E-state index contributed by atoms with van der Waals surface area (Å²) in [5, 5.41) is 2.81. The van der Waals surface area contributed by atoms with E-state index in [0.29, 0.717) is 29.2 Å². The zero-order valence-corrected chi connectivity index (χ0v) is 16.0. The van der Waals surface area contributed by atoms with Crippen LogP contribution in [0.3, 0.4) is 0 Å². The maximum absolute atomic E-state index is 12.5. The summed E-state index contributed by atoms with van der Waals surface area (Å²) in [6, 6.07) is 12.1. The molecule has 0 saturated carbocycles. The molecule has 2 aromatic rings. The highest BCUT2D eigenvalue weighted by molar-refractivity contribution is 7.98. The molecule has 6 heteroatoms. The number of rotatable bonds is 8. The molecule has 1 N–H and O–H groups in total. The van der Waals surface area contributed by atoms with Crippen molar-refractivity contribution in [2.45, 2.75) is 24.7 Å². The molecular formula is C20H23NO4S. The van der Waals surface area contributed by atoms with Crippen LogP contribution >= 0.6 is 11.8 Å². The molecule has 0 aliphatic heterocycles. The summed E-state index contributed by atoms with van der Waals surface area (Å²) >= 11 is 1.58. The maximum Gasteiger partial charge on any atom is 0.338 e. The van der Waals surface area contributed by atoms with E-state index in [4.69, 9.17) is 9.47 Å². The minimum atomic E-state index is -0.356. The van der Waals surface area contributed by atoms with Crippen LogP contribution < -0.4 is 10.1 Å². The molecule has 0 radical (unpaired) electrons. The second-order valence-corrected chi connectivity index (χ2v) is 6.47. The minimum absolute atomic E-state index is 0.271. The number of carbonyl (C=O) groups is 2. The van der Waals surface area contributed by atoms with Gasteiger partial charge in [-0.1, -0.05) is 13.3 Å². The largest absolute Gasteiger partial charge is 0.496 e. The van der Waals surface area contributed by atoms with Crippen molar-refractivity contribution < 1.29 is 19.1 Å². The normalized spacial score (nSPS) is 10.3. The van der Waals surface area contributed by atoms with E-state index in [9.17, 15) is 9.59 Å². The summed E-state index contributed by atoms with van der Waals surface area (Å²) in [6.45, 7) is 2.45. The average Bonchev–Trinajstić information content (AvgIpc) is 2.68. The van der Waals surface area contributed by atoms with Gasteiger partial charge in [0.15, 0.2) is 0 Å². The van der Waals surface area contributed by atoms with Crippen LogP contribution in [0.4, 0.5) is 5.69 Å². The predicted molar refractivity (Wildman–Crippen MR) is 104 cm³/mol. The molecular weight excluding hydrogens is 350 g/mol. The number of benzene rings is 2. The lowest BCUT2D eigenvalue weighted by Gasteiger charge is -2.11. The van der Waals surface area contributed by atoms with Crippen molar-refractivity contribution in [3.05, 3.63) is 53.6 Å². The van der Waals surface area contributed by atoms with Crippen LogP contribution in [0, 0.1) is 0 Å². The van der Waals surface area contributed by atoms with Crippen LogP contribution in [0.15, 0.2) is 47.4 Å². The Labute approximate surface area is 158 Å². The molecule has 0 heterocycles. The average molecular weight is 373 g/mol. The van der Waals surface area contributed by atoms with Gasteiger partial charge in [0, 0.05) is 10.6 Å². The lowest BCUT2D eigenvalue weighted by atomic mass is 10.1. The van der Waals surface area contributed by atoms with Crippen LogP contribution in [-0.2, 0) is 4.74 Å². The standard InChI is InChI=1S/C20H23NO4S/c1-4-5-12-25-20(23)14-6-8-15(9-7-14)21-19(22)17-11-10-16(26-3)13-18(17)24-2/h6-11,13H,4-5,12H2,1-3H3,(H,21,22). The lowest BCUT2D eigenvalue weighted by molar-refractivity contribution is 0.0499. The van der Waals surface area contributed by atoms with E-state index < -0.39 is 0 Å². The highest BCUT2D eigenvalue weighted by atomic mass is 32.2. The van der Waals surface area contributed by atoms with Gasteiger partial charge in [-0.15, -0.1) is 11.8 Å². The van der Waals surface area contributed by atoms with E-state index in [1.165, 1.54) is 7.11 Å². The van der Waals surface area contributed by atoms with Gasteiger partial charge in [0.05, 0.1) is 24.8 Å². The molecule has 0 bridgehead atoms. The highest BCUT2D eigenvalue weighted by Crippen LogP contribution is 2.26. The third-order valence-electron chi connectivity index (χ3n) is 3.76. The van der Waals surface area contributed by atoms with Crippen LogP contribution in [-0.4, -0.2) is 31.8 Å². The molecule has 26 heavy (non-hydrogen) atoms. The van der Waals surface area contributed by atoms with Gasteiger partial charge in [0.1, 0.15) is 5.75 Å². The first-order valence-electron chi connectivity index (χ1n) is 8.39. The molecule has 138 valence electrons. The van der Waals surface area contributed by atoms with Crippen LogP contribution in [0.5, 0.6) is 5.75 Å². The molecule has 0 unspecified atom stereocenters. The first kappa shape index (κ1) is 19.8. The summed E-state index contributed by atoms with van der Waals surface area (Å²) in [5.74, 6) is -0.108. The molecule has 1 amide bonds. The number of ether oxygens (including phenoxy) is 2. The summed E-state index contributed by atoms with van der Waals surface area (Å²) in [7, 11) is 1.54. The monoisotopic (exact) mass is 373 g/mol. The fraction of sp³-hybridized carbons (Fsp3) is 0.300. The third kappa shape index (κ3) is 5.26. The topological polar surface area (TPSA) is 64.6 Å². The Hall–Kier alpha value is -2.47. The van der Waals surface area contributed by atoms with Gasteiger partial charge in [0.2, 0.25) is 0 Å². The molecule has 0 atom stereocenters. The van der Waals surface area contributed by atoms with E-state index in [0.717, 1.165) is 17.7 Å². The molecule has 5 nitrogen and oxygen atoms in total. The number of carbonyl (C=O) groups excluding carboxylic acids is 2. The number of unbranched alkanes of at least 4 members (excludes halogenated alkanes) is 1. The van der Waals surface area contributed by atoms with Gasteiger partial charge >= 0.3 is 5.97 Å². The van der Waals surface area contributed by atoms with E-state index >= 15 is 0 Å². The number of hydrogen-bond acceptors (Lipinski definition) is 5. The van der Waals surface area contributed by atoms with E-state index in [-0.39, 0.29) is 11.9 Å². The summed E-state index contributed by atoms with van der Waals surface area (Å²) in [5.41, 5.74) is 1.51. The van der Waals surface area contributed by atoms with Gasteiger partial charge < -0.3 is 14.8 Å². The zero-order chi connectivity index (χ0) is 18.9. The molecule has 2 aromatic carbocycles. The van der Waals surface area contributed by atoms with E-state index in [1.807, 2.05) is 25.3 Å². The van der Waals surface area contributed by atoms with Crippen molar-refractivity contribution in [1.82, 2.24) is 0 Å². The van der Waals surface area contributed by atoms with Gasteiger partial charge in [-0.05, 0) is 55.1 Å². The third-order valence-corrected chi connectivity index (χ3v) is 4.49. The van der Waals surface area contributed by atoms with Crippen molar-refractivity contribution in [2.75, 3.05) is 25.3 Å². The molecule has 0 aliphatic rings. The maximum atomic E-state index is 12.5. The number of anilines is 1. The summed E-state index contributed by atoms with van der Waals surface area (Å²) in [6.07, 6.45) is 3.78. The van der Waals surface area contributed by atoms with Crippen LogP contribution in [0.1, 0.15) is 40.5 Å². The van der Waals surface area contributed by atoms with Gasteiger partial charge in [0.25, 0.3) is 5.91 Å². The fourth-order valence-corrected chi connectivity index (χ4v) is 2.70. The number of amides is 1. The second-order valence-electron chi connectivity index (χ2n) is 5.59. The molecule has 0 spiro atoms. The van der Waals surface area contributed by atoms with Crippen molar-refractivity contribution in [1.29, 1.82) is 0 Å². The van der Waals surface area contributed by atoms with Gasteiger partial charge in [-0.2, -0.15) is 0 Å². The zero-order valence-electron chi connectivity index (χ0n) is 15.2. The van der Waals surface area contributed by atoms with E-state index in [1.54, 1.807) is 42.1 Å². The highest BCUT2D eigenvalue weighted by Gasteiger charge is 2.14. The summed E-state index contributed by atoms with van der Waals surface area (Å²) in [4.78, 5) is 25.4. The first-order chi connectivity index (χ1) is 12.6. The number of nitrogens with one attached hydrogen (secondary N) is 1. The number of esters is 1. The molecule has 0 fully saturated rings. The van der Waals surface area contributed by atoms with Crippen molar-refractivity contribution in [3.8, 4) is 5.75 Å². The Bertz CT molecular complexity index is 759. The minimum Gasteiger partial charge on any atom is -0.496 e. The SMILES string of the molecule is CCCCOC(=O)c1ccc(NC(=O)c2ccc(SC)cc2OC)cc1. The Balaban J connectivity index is 2.04. The second kappa shape index (κ2) is 9.87. The Kier molecular flexibility index (Phi) is 7.53. The van der Waals surface area contributed by atoms with Crippen molar-refractivity contribution in [3.63, 3.8) is 0 Å². The predicted octanol–water partition coefficient (Wildman–Crippen LogP) is 4.63. The van der Waals surface area contributed by atoms with Crippen molar-refractivity contribution in [2.24, 2.45) is 0 Å². The van der Waals surface area contributed by atoms with Crippen molar-refractivity contribution >= 4 is 29.3 Å². The van der Waals surface area contributed by atoms with Gasteiger partial charge in [-0.3, -0.25) is 4.79 Å². The van der Waals surface area contributed by atoms with Crippen LogP contribution in [0.25, 0.3) is 0 Å². The number of thioether (sulfide) groups is 1. The molecule has 0 aromatic heterocycles. The molecule has 0 aliphatic carbocycles. The Morgan fingerprint density at radius 2 is 1.85 bits per heavy atom. The Morgan fingerprint density at radius 3 is 2.46 bits per heavy atom. The van der Waals surface area contributed by atoms with Gasteiger partial charge in [-0.25, -0.2) is 4.79 Å². The quantitative estimate of drug-likeness (QED) is 0.415. The van der Waals surface area contributed by atoms with E-state index in [2.05, 4.69) is 5.32 Å². The summed E-state index contributed by atoms with van der Waals surface area (Å²) < 4.78 is 10.5. The lowest BCUT2D eigenvalue weighted by Crippen LogP contribution is -2.13.